The van der Waals surface area contributed by atoms with Gasteiger partial charge in [-0.05, 0) is 13.0 Å². The first-order chi connectivity index (χ1) is 14.1. The second-order valence-corrected chi connectivity index (χ2v) is 8.06. The number of hydrogen-bond donors (Lipinski definition) is 2. The van der Waals surface area contributed by atoms with Gasteiger partial charge in [0.1, 0.15) is 5.82 Å². The molecule has 146 valence electrons. The van der Waals surface area contributed by atoms with Crippen LogP contribution in [0.5, 0.6) is 0 Å². The number of aryl methyl sites for hydroxylation is 1. The van der Waals surface area contributed by atoms with Crippen molar-refractivity contribution in [1.29, 1.82) is 0 Å². The van der Waals surface area contributed by atoms with E-state index in [1.165, 1.54) is 0 Å². The number of nitrogens with one attached hydrogen (secondary N) is 2. The Labute approximate surface area is 173 Å². The highest BCUT2D eigenvalue weighted by Crippen LogP contribution is 2.37. The highest BCUT2D eigenvalue weighted by Gasteiger charge is 2.19. The van der Waals surface area contributed by atoms with Crippen LogP contribution in [0, 0.1) is 6.92 Å². The van der Waals surface area contributed by atoms with Crippen LogP contribution < -0.4 is 10.2 Å². The molecule has 2 aromatic carbocycles. The molecule has 0 atom stereocenters. The number of carbonyl (C=O) groups is 1. The van der Waals surface area contributed by atoms with Crippen molar-refractivity contribution in [2.75, 3.05) is 24.3 Å². The Kier molecular flexibility index (Phi) is 5.14. The van der Waals surface area contributed by atoms with Gasteiger partial charge in [0.15, 0.2) is 17.2 Å². The second-order valence-electron chi connectivity index (χ2n) is 6.83. The summed E-state index contributed by atoms with van der Waals surface area (Å²) in [5.41, 5.74) is 4.26. The van der Waals surface area contributed by atoms with E-state index in [1.807, 2.05) is 57.5 Å². The number of rotatable bonds is 6. The first-order valence-electron chi connectivity index (χ1n) is 9.17. The van der Waals surface area contributed by atoms with Crippen molar-refractivity contribution in [1.82, 2.24) is 15.0 Å². The Hall–Kier alpha value is -3.45. The van der Waals surface area contributed by atoms with Crippen molar-refractivity contribution >= 4 is 34.3 Å². The van der Waals surface area contributed by atoms with Gasteiger partial charge in [-0.25, -0.2) is 9.97 Å². The van der Waals surface area contributed by atoms with Crippen LogP contribution in [0.4, 0.5) is 16.6 Å². The molecule has 0 bridgehead atoms. The van der Waals surface area contributed by atoms with Crippen molar-refractivity contribution in [3.05, 3.63) is 65.2 Å². The van der Waals surface area contributed by atoms with Gasteiger partial charge in [0, 0.05) is 47.5 Å². The molecule has 2 heterocycles. The van der Waals surface area contributed by atoms with Gasteiger partial charge in [-0.15, -0.1) is 11.3 Å². The molecule has 0 saturated carbocycles. The maximum Gasteiger partial charge on any atom is 0.188 e. The normalized spacial score (nSPS) is 10.7. The Morgan fingerprint density at radius 1 is 1.07 bits per heavy atom. The van der Waals surface area contributed by atoms with Crippen LogP contribution in [0.15, 0.2) is 54.7 Å². The summed E-state index contributed by atoms with van der Waals surface area (Å²) in [4.78, 5) is 27.3. The molecule has 0 fully saturated rings. The lowest BCUT2D eigenvalue weighted by atomic mass is 10.1. The third-order valence-corrected chi connectivity index (χ3v) is 5.38. The zero-order valence-electron chi connectivity index (χ0n) is 16.4. The van der Waals surface area contributed by atoms with Gasteiger partial charge >= 0.3 is 0 Å². The van der Waals surface area contributed by atoms with Crippen LogP contribution in [0.1, 0.15) is 15.2 Å². The van der Waals surface area contributed by atoms with Gasteiger partial charge in [0.2, 0.25) is 0 Å². The summed E-state index contributed by atoms with van der Waals surface area (Å²) >= 11 is 1.57. The number of aldehydes is 1. The molecule has 2 aromatic heterocycles. The molecule has 4 aromatic rings. The molecule has 0 aliphatic heterocycles. The Balaban J connectivity index is 1.89. The van der Waals surface area contributed by atoms with Gasteiger partial charge < -0.3 is 15.2 Å². The summed E-state index contributed by atoms with van der Waals surface area (Å²) in [6, 6.07) is 15.5. The highest BCUT2D eigenvalue weighted by molar-refractivity contribution is 7.15. The monoisotopic (exact) mass is 403 g/mol. The number of anilines is 3. The highest BCUT2D eigenvalue weighted by atomic mass is 32.1. The SMILES string of the molecule is Cc1cnc(Nc2nc(-c3ccccc3C=O)[nH]c2-c2ccccc2N(C)C)s1. The van der Waals surface area contributed by atoms with E-state index in [0.29, 0.717) is 17.2 Å². The second kappa shape index (κ2) is 7.89. The lowest BCUT2D eigenvalue weighted by Gasteiger charge is -2.17. The van der Waals surface area contributed by atoms with Crippen molar-refractivity contribution in [3.63, 3.8) is 0 Å². The summed E-state index contributed by atoms with van der Waals surface area (Å²) in [5, 5.41) is 4.11. The van der Waals surface area contributed by atoms with Crippen LogP contribution in [0.3, 0.4) is 0 Å². The quantitative estimate of drug-likeness (QED) is 0.437. The van der Waals surface area contributed by atoms with Crippen molar-refractivity contribution in [3.8, 4) is 22.6 Å². The van der Waals surface area contributed by atoms with Crippen LogP contribution in [0.25, 0.3) is 22.6 Å². The average Bonchev–Trinajstić information content (AvgIpc) is 3.34. The number of aromatic amines is 1. The molecule has 6 nitrogen and oxygen atoms in total. The molecule has 4 rings (SSSR count). The van der Waals surface area contributed by atoms with Crippen LogP contribution >= 0.6 is 11.3 Å². The smallest absolute Gasteiger partial charge is 0.188 e. The molecule has 0 unspecified atom stereocenters. The number of para-hydroxylation sites is 1. The van der Waals surface area contributed by atoms with E-state index in [9.17, 15) is 4.79 Å². The van der Waals surface area contributed by atoms with Crippen LogP contribution in [0.2, 0.25) is 0 Å². The minimum absolute atomic E-state index is 0.588. The number of imidazole rings is 1. The topological polar surface area (TPSA) is 73.9 Å². The predicted octanol–water partition coefficient (Wildman–Crippen LogP) is 5.13. The summed E-state index contributed by atoms with van der Waals surface area (Å²) in [6.45, 7) is 2.02. The fourth-order valence-corrected chi connectivity index (χ4v) is 3.85. The van der Waals surface area contributed by atoms with E-state index in [4.69, 9.17) is 4.98 Å². The number of aromatic nitrogens is 3. The van der Waals surface area contributed by atoms with Gasteiger partial charge in [0.05, 0.1) is 5.69 Å². The van der Waals surface area contributed by atoms with Crippen molar-refractivity contribution in [2.45, 2.75) is 6.92 Å². The third-order valence-electron chi connectivity index (χ3n) is 4.55. The Morgan fingerprint density at radius 2 is 1.79 bits per heavy atom. The summed E-state index contributed by atoms with van der Waals surface area (Å²) in [7, 11) is 4.02. The fourth-order valence-electron chi connectivity index (χ4n) is 3.19. The van der Waals surface area contributed by atoms with E-state index in [0.717, 1.165) is 38.8 Å². The van der Waals surface area contributed by atoms with E-state index in [2.05, 4.69) is 32.3 Å². The van der Waals surface area contributed by atoms with E-state index in [-0.39, 0.29) is 0 Å². The maximum atomic E-state index is 11.5. The molecule has 2 N–H and O–H groups in total. The zero-order valence-corrected chi connectivity index (χ0v) is 17.2. The summed E-state index contributed by atoms with van der Waals surface area (Å²) in [6.07, 6.45) is 2.68. The Bertz CT molecular complexity index is 1160. The van der Waals surface area contributed by atoms with Gasteiger partial charge in [-0.1, -0.05) is 42.5 Å². The molecule has 0 radical (unpaired) electrons. The molecule has 0 aliphatic rings. The summed E-state index contributed by atoms with van der Waals surface area (Å²) in [5.74, 6) is 1.30. The maximum absolute atomic E-state index is 11.5. The first-order valence-corrected chi connectivity index (χ1v) is 9.99. The average molecular weight is 404 g/mol. The number of H-pyrrole nitrogens is 1. The fraction of sp³-hybridized carbons (Fsp3) is 0.136. The van der Waals surface area contributed by atoms with Gasteiger partial charge in [0.25, 0.3) is 0 Å². The van der Waals surface area contributed by atoms with E-state index in [1.54, 1.807) is 17.4 Å². The molecule has 0 amide bonds. The van der Waals surface area contributed by atoms with Crippen LogP contribution in [-0.2, 0) is 0 Å². The third kappa shape index (κ3) is 3.77. The van der Waals surface area contributed by atoms with Gasteiger partial charge in [-0.3, -0.25) is 4.79 Å². The largest absolute Gasteiger partial charge is 0.377 e. The molecule has 0 aliphatic carbocycles. The first kappa shape index (κ1) is 18.9. The Morgan fingerprint density at radius 3 is 2.48 bits per heavy atom. The number of carbonyl (C=O) groups excluding carboxylic acids is 1. The predicted molar refractivity (Wildman–Crippen MR) is 119 cm³/mol. The standard InChI is InChI=1S/C22H21N5OS/c1-14-12-23-22(29-14)26-21-19(17-10-6-7-11-18(17)27(2)3)24-20(25-21)16-9-5-4-8-15(16)13-28/h4-13H,1-3H3,(H,23,26)(H,24,25). The molecular formula is C22H21N5OS. The summed E-state index contributed by atoms with van der Waals surface area (Å²) < 4.78 is 0. The van der Waals surface area contributed by atoms with E-state index < -0.39 is 0 Å². The number of hydrogen-bond acceptors (Lipinski definition) is 6. The zero-order chi connectivity index (χ0) is 20.4. The number of nitrogens with zero attached hydrogens (tertiary/aromatic N) is 3. The number of thiazole rings is 1. The minimum atomic E-state index is 0.588. The lowest BCUT2D eigenvalue weighted by Crippen LogP contribution is -2.10. The lowest BCUT2D eigenvalue weighted by molar-refractivity contribution is 0.112. The molecule has 0 spiro atoms. The molecule has 0 saturated heterocycles. The van der Waals surface area contributed by atoms with E-state index >= 15 is 0 Å². The van der Waals surface area contributed by atoms with Gasteiger partial charge in [-0.2, -0.15) is 0 Å². The number of benzene rings is 2. The van der Waals surface area contributed by atoms with Crippen molar-refractivity contribution < 1.29 is 4.79 Å². The molecule has 7 heteroatoms. The molecular weight excluding hydrogens is 382 g/mol. The van der Waals surface area contributed by atoms with Crippen LogP contribution in [-0.4, -0.2) is 35.3 Å². The van der Waals surface area contributed by atoms with Crippen molar-refractivity contribution in [2.24, 2.45) is 0 Å². The minimum Gasteiger partial charge on any atom is -0.377 e. The molecule has 29 heavy (non-hydrogen) atoms.